The fourth-order valence-electron chi connectivity index (χ4n) is 5.25. The number of amides is 3. The highest BCUT2D eigenvalue weighted by molar-refractivity contribution is 5.94. The quantitative estimate of drug-likeness (QED) is 0.167. The maximum Gasteiger partial charge on any atom is 0.418 e. The second-order valence-electron chi connectivity index (χ2n) is 10.6. The predicted molar refractivity (Wildman–Crippen MR) is 161 cm³/mol. The number of nitrogens with one attached hydrogen (secondary N) is 1. The zero-order valence-electron chi connectivity index (χ0n) is 25.6. The van der Waals surface area contributed by atoms with Crippen LogP contribution in [0.3, 0.4) is 0 Å². The van der Waals surface area contributed by atoms with E-state index in [1.165, 1.54) is 94.4 Å². The van der Waals surface area contributed by atoms with Crippen LogP contribution in [-0.4, -0.2) is 29.9 Å². The molecule has 0 bridgehead atoms. The molecule has 0 aliphatic carbocycles. The Morgan fingerprint density at radius 2 is 1.41 bits per heavy atom. The summed E-state index contributed by atoms with van der Waals surface area (Å²) < 4.78 is 5.25. The molecule has 1 aliphatic heterocycles. The fraction of sp³-hybridized carbons (Fsp3) is 0.667. The van der Waals surface area contributed by atoms with E-state index in [0.29, 0.717) is 0 Å². The number of carbonyl (C=O) groups excluding carboxylic acids is 3. The minimum absolute atomic E-state index is 0.233. The number of hydrogen-bond acceptors (Lipinski definition) is 4. The third kappa shape index (κ3) is 12.0. The van der Waals surface area contributed by atoms with Crippen LogP contribution in [0.2, 0.25) is 0 Å². The number of unbranched alkanes of at least 4 members (excludes halogenated alkanes) is 12. The first-order valence-corrected chi connectivity index (χ1v) is 15.3. The molecule has 0 fully saturated rings. The maximum absolute atomic E-state index is 12.8. The van der Waals surface area contributed by atoms with E-state index in [9.17, 15) is 9.59 Å². The average molecular weight is 543 g/mol. The van der Waals surface area contributed by atoms with Crippen LogP contribution in [0.25, 0.3) is 0 Å². The number of aryl methyl sites for hydroxylation is 2. The summed E-state index contributed by atoms with van der Waals surface area (Å²) in [6.45, 7) is 11.7. The second kappa shape index (κ2) is 20.3. The Hall–Kier alpha value is -2.63. The summed E-state index contributed by atoms with van der Waals surface area (Å²) in [7, 11) is 0. The van der Waals surface area contributed by atoms with E-state index in [2.05, 4.69) is 37.4 Å². The summed E-state index contributed by atoms with van der Waals surface area (Å²) in [5, 5.41) is 2.82. The Kier molecular flexibility index (Phi) is 17.9. The molecular weight excluding hydrogens is 488 g/mol. The van der Waals surface area contributed by atoms with Gasteiger partial charge >= 0.3 is 12.1 Å². The number of benzene rings is 1. The number of ether oxygens (including phenoxy) is 1. The van der Waals surface area contributed by atoms with Crippen LogP contribution in [0.4, 0.5) is 9.59 Å². The zero-order valence-corrected chi connectivity index (χ0v) is 25.6. The summed E-state index contributed by atoms with van der Waals surface area (Å²) >= 11 is 0. The van der Waals surface area contributed by atoms with Crippen molar-refractivity contribution in [2.75, 3.05) is 6.61 Å². The minimum atomic E-state index is -0.595. The highest BCUT2D eigenvalue weighted by atomic mass is 16.6. The van der Waals surface area contributed by atoms with Crippen LogP contribution in [0.5, 0.6) is 0 Å². The van der Waals surface area contributed by atoms with Crippen molar-refractivity contribution in [2.45, 2.75) is 137 Å². The molecule has 6 nitrogen and oxygen atoms in total. The van der Waals surface area contributed by atoms with Crippen LogP contribution < -0.4 is 5.32 Å². The SMILES string of the molecule is CC=O.CCCCCCCCCCCCCCCc1cccc(C)c1C1C(C)=C(C)NC(=O)N1C(=O)OCC. The number of nitrogens with zero attached hydrogens (tertiary/aromatic N) is 1. The molecule has 0 spiro atoms. The molecule has 0 aromatic heterocycles. The molecule has 1 N–H and O–H groups in total. The van der Waals surface area contributed by atoms with E-state index in [1.807, 2.05) is 13.8 Å². The summed E-state index contributed by atoms with van der Waals surface area (Å²) in [5.74, 6) is 0. The number of rotatable bonds is 16. The number of allylic oxidation sites excluding steroid dienone is 1. The van der Waals surface area contributed by atoms with Gasteiger partial charge in [-0.1, -0.05) is 102 Å². The Labute approximate surface area is 238 Å². The molecule has 0 saturated carbocycles. The molecule has 1 aromatic carbocycles. The molecule has 2 rings (SSSR count). The Balaban J connectivity index is 0.00000242. The molecule has 1 heterocycles. The number of aldehydes is 1. The van der Waals surface area contributed by atoms with Gasteiger partial charge in [-0.05, 0) is 69.7 Å². The molecule has 1 atom stereocenters. The molecule has 1 aromatic rings. The molecule has 0 radical (unpaired) electrons. The van der Waals surface area contributed by atoms with E-state index >= 15 is 0 Å². The Bertz CT molecular complexity index is 909. The summed E-state index contributed by atoms with van der Waals surface area (Å²) in [6, 6.07) is 5.45. The lowest BCUT2D eigenvalue weighted by Crippen LogP contribution is -2.50. The normalized spacial score (nSPS) is 15.0. The molecule has 220 valence electrons. The summed E-state index contributed by atoms with van der Waals surface area (Å²) in [4.78, 5) is 35.7. The van der Waals surface area contributed by atoms with Crippen molar-refractivity contribution in [3.05, 3.63) is 46.2 Å². The highest BCUT2D eigenvalue weighted by Gasteiger charge is 2.39. The van der Waals surface area contributed by atoms with Gasteiger partial charge in [-0.25, -0.2) is 14.5 Å². The van der Waals surface area contributed by atoms with Gasteiger partial charge in [0, 0.05) is 5.70 Å². The van der Waals surface area contributed by atoms with E-state index in [1.54, 1.807) is 6.92 Å². The number of carbonyl (C=O) groups is 3. The molecule has 6 heteroatoms. The van der Waals surface area contributed by atoms with E-state index < -0.39 is 18.2 Å². The van der Waals surface area contributed by atoms with E-state index in [4.69, 9.17) is 9.53 Å². The van der Waals surface area contributed by atoms with Gasteiger partial charge in [-0.15, -0.1) is 0 Å². The third-order valence-corrected chi connectivity index (χ3v) is 7.48. The topological polar surface area (TPSA) is 75.7 Å². The molecule has 0 saturated heterocycles. The van der Waals surface area contributed by atoms with Crippen molar-refractivity contribution in [1.82, 2.24) is 10.2 Å². The van der Waals surface area contributed by atoms with Gasteiger partial charge in [0.05, 0.1) is 12.6 Å². The van der Waals surface area contributed by atoms with Crippen molar-refractivity contribution < 1.29 is 19.1 Å². The van der Waals surface area contributed by atoms with Crippen LogP contribution in [0, 0.1) is 6.92 Å². The summed E-state index contributed by atoms with van der Waals surface area (Å²) in [6.07, 6.45) is 18.5. The van der Waals surface area contributed by atoms with Crippen molar-refractivity contribution in [3.8, 4) is 0 Å². The Morgan fingerprint density at radius 1 is 0.897 bits per heavy atom. The van der Waals surface area contributed by atoms with Gasteiger partial charge in [-0.3, -0.25) is 0 Å². The lowest BCUT2D eigenvalue weighted by molar-refractivity contribution is -0.106. The van der Waals surface area contributed by atoms with Gasteiger partial charge in [0.25, 0.3) is 0 Å². The van der Waals surface area contributed by atoms with Crippen molar-refractivity contribution >= 4 is 18.4 Å². The van der Waals surface area contributed by atoms with E-state index in [-0.39, 0.29) is 6.61 Å². The smallest absolute Gasteiger partial charge is 0.418 e. The van der Waals surface area contributed by atoms with Gasteiger partial charge in [0.2, 0.25) is 0 Å². The van der Waals surface area contributed by atoms with Gasteiger partial charge in [0.1, 0.15) is 6.29 Å². The molecule has 1 aliphatic rings. The standard InChI is InChI=1S/C31H50N2O3.C2H4O/c1-6-8-9-10-11-12-13-14-15-16-17-18-19-22-27-23-20-21-24(3)28(27)29-25(4)26(5)32-30(34)33(29)31(35)36-7-2;1-2-3/h20-21,23,29H,6-19,22H2,1-5H3,(H,32,34);2H,1H3. The first-order chi connectivity index (χ1) is 18.8. The lowest BCUT2D eigenvalue weighted by Gasteiger charge is -2.37. The van der Waals surface area contributed by atoms with Gasteiger partial charge in [0.15, 0.2) is 0 Å². The number of urea groups is 1. The van der Waals surface area contributed by atoms with Crippen LogP contribution >= 0.6 is 0 Å². The van der Waals surface area contributed by atoms with Crippen molar-refractivity contribution in [2.24, 2.45) is 0 Å². The minimum Gasteiger partial charge on any atom is -0.449 e. The first kappa shape index (κ1) is 34.4. The molecule has 3 amide bonds. The highest BCUT2D eigenvalue weighted by Crippen LogP contribution is 2.37. The second-order valence-corrected chi connectivity index (χ2v) is 10.6. The van der Waals surface area contributed by atoms with E-state index in [0.717, 1.165) is 41.5 Å². The molecular formula is C33H54N2O4. The largest absolute Gasteiger partial charge is 0.449 e. The zero-order chi connectivity index (χ0) is 29.0. The fourth-order valence-corrected chi connectivity index (χ4v) is 5.25. The third-order valence-electron chi connectivity index (χ3n) is 7.48. The monoisotopic (exact) mass is 542 g/mol. The maximum atomic E-state index is 12.8. The van der Waals surface area contributed by atoms with Crippen LogP contribution in [-0.2, 0) is 16.0 Å². The van der Waals surface area contributed by atoms with Gasteiger partial charge in [-0.2, -0.15) is 0 Å². The molecule has 39 heavy (non-hydrogen) atoms. The van der Waals surface area contributed by atoms with Crippen LogP contribution in [0.1, 0.15) is 141 Å². The average Bonchev–Trinajstić information content (AvgIpc) is 2.90. The lowest BCUT2D eigenvalue weighted by atomic mass is 9.86. The Morgan fingerprint density at radius 3 is 1.92 bits per heavy atom. The first-order valence-electron chi connectivity index (χ1n) is 15.3. The number of hydrogen-bond donors (Lipinski definition) is 1. The van der Waals surface area contributed by atoms with Crippen molar-refractivity contribution in [1.29, 1.82) is 0 Å². The summed E-state index contributed by atoms with van der Waals surface area (Å²) in [5.41, 5.74) is 5.17. The van der Waals surface area contributed by atoms with Crippen LogP contribution in [0.15, 0.2) is 29.5 Å². The predicted octanol–water partition coefficient (Wildman–Crippen LogP) is 9.35. The van der Waals surface area contributed by atoms with Gasteiger partial charge < -0.3 is 14.8 Å². The number of imide groups is 1. The van der Waals surface area contributed by atoms with Crippen molar-refractivity contribution in [3.63, 3.8) is 0 Å². The molecule has 1 unspecified atom stereocenters.